The molecule has 0 aliphatic carbocycles. The standard InChI is InChI=1S/C20H12ClNO2/c21-15-10-8-13(9-11-15)17-5-3-6-18(22-17)16-12-14-4-1-2-7-19(14)24-20(16)23/h1-12H. The third-order valence-corrected chi connectivity index (χ3v) is 4.06. The lowest BCUT2D eigenvalue weighted by molar-refractivity contribution is 0.563. The van der Waals surface area contributed by atoms with E-state index < -0.39 is 5.63 Å². The Morgan fingerprint density at radius 3 is 2.42 bits per heavy atom. The van der Waals surface area contributed by atoms with Gasteiger partial charge in [-0.1, -0.05) is 48.0 Å². The normalized spacial score (nSPS) is 10.9. The number of rotatable bonds is 2. The van der Waals surface area contributed by atoms with Crippen molar-refractivity contribution in [1.82, 2.24) is 4.98 Å². The topological polar surface area (TPSA) is 43.1 Å². The number of nitrogens with zero attached hydrogens (tertiary/aromatic N) is 1. The van der Waals surface area contributed by atoms with E-state index in [-0.39, 0.29) is 0 Å². The summed E-state index contributed by atoms with van der Waals surface area (Å²) >= 11 is 5.93. The Morgan fingerprint density at radius 1 is 0.833 bits per heavy atom. The molecule has 0 unspecified atom stereocenters. The SMILES string of the molecule is O=c1oc2ccccc2cc1-c1cccc(-c2ccc(Cl)cc2)n1. The molecule has 24 heavy (non-hydrogen) atoms. The van der Waals surface area contributed by atoms with Crippen molar-refractivity contribution in [2.75, 3.05) is 0 Å². The Bertz CT molecular complexity index is 1080. The first-order valence-corrected chi connectivity index (χ1v) is 7.85. The summed E-state index contributed by atoms with van der Waals surface area (Å²) in [4.78, 5) is 16.9. The molecule has 2 heterocycles. The molecule has 0 radical (unpaired) electrons. The molecule has 0 fully saturated rings. The number of para-hydroxylation sites is 1. The van der Waals surface area contributed by atoms with E-state index in [1.54, 1.807) is 12.1 Å². The van der Waals surface area contributed by atoms with Crippen LogP contribution in [0.4, 0.5) is 0 Å². The van der Waals surface area contributed by atoms with E-state index in [1.165, 1.54) is 0 Å². The second kappa shape index (κ2) is 5.95. The highest BCUT2D eigenvalue weighted by atomic mass is 35.5. The third kappa shape index (κ3) is 2.70. The fourth-order valence-electron chi connectivity index (χ4n) is 2.61. The highest BCUT2D eigenvalue weighted by Crippen LogP contribution is 2.24. The molecule has 0 amide bonds. The Kier molecular flexibility index (Phi) is 3.63. The maximum Gasteiger partial charge on any atom is 0.345 e. The lowest BCUT2D eigenvalue weighted by Gasteiger charge is -2.05. The van der Waals surface area contributed by atoms with Gasteiger partial charge in [0.05, 0.1) is 17.0 Å². The summed E-state index contributed by atoms with van der Waals surface area (Å²) in [5, 5.41) is 1.54. The van der Waals surface area contributed by atoms with Gasteiger partial charge in [0.2, 0.25) is 0 Å². The molecule has 116 valence electrons. The second-order valence-corrected chi connectivity index (χ2v) is 5.84. The maximum absolute atomic E-state index is 12.3. The summed E-state index contributed by atoms with van der Waals surface area (Å²) in [7, 11) is 0. The molecule has 0 saturated heterocycles. The predicted molar refractivity (Wildman–Crippen MR) is 96.2 cm³/mol. The molecule has 4 rings (SSSR count). The van der Waals surface area contributed by atoms with Gasteiger partial charge in [0.25, 0.3) is 0 Å². The fraction of sp³-hybridized carbons (Fsp3) is 0. The van der Waals surface area contributed by atoms with Crippen molar-refractivity contribution in [3.63, 3.8) is 0 Å². The summed E-state index contributed by atoms with van der Waals surface area (Å²) in [6.45, 7) is 0. The quantitative estimate of drug-likeness (QED) is 0.475. The summed E-state index contributed by atoms with van der Waals surface area (Å²) < 4.78 is 5.40. The van der Waals surface area contributed by atoms with E-state index in [4.69, 9.17) is 16.0 Å². The van der Waals surface area contributed by atoms with Crippen molar-refractivity contribution in [3.8, 4) is 22.5 Å². The Hall–Kier alpha value is -2.91. The van der Waals surface area contributed by atoms with Gasteiger partial charge in [0, 0.05) is 16.0 Å². The highest BCUT2D eigenvalue weighted by Gasteiger charge is 2.10. The van der Waals surface area contributed by atoms with Crippen molar-refractivity contribution in [2.24, 2.45) is 0 Å². The molecule has 2 aromatic carbocycles. The zero-order valence-corrected chi connectivity index (χ0v) is 13.3. The minimum Gasteiger partial charge on any atom is -0.422 e. The number of fused-ring (bicyclic) bond motifs is 1. The van der Waals surface area contributed by atoms with Gasteiger partial charge in [0.15, 0.2) is 0 Å². The van der Waals surface area contributed by atoms with Crippen molar-refractivity contribution >= 4 is 22.6 Å². The monoisotopic (exact) mass is 333 g/mol. The summed E-state index contributed by atoms with van der Waals surface area (Å²) in [5.41, 5.74) is 2.92. The van der Waals surface area contributed by atoms with Crippen LogP contribution in [0.1, 0.15) is 0 Å². The van der Waals surface area contributed by atoms with Crippen LogP contribution in [-0.4, -0.2) is 4.98 Å². The molecule has 0 aliphatic heterocycles. The number of halogens is 1. The summed E-state index contributed by atoms with van der Waals surface area (Å²) in [5.74, 6) is 0. The lowest BCUT2D eigenvalue weighted by Crippen LogP contribution is -2.04. The largest absolute Gasteiger partial charge is 0.422 e. The molecular formula is C20H12ClNO2. The fourth-order valence-corrected chi connectivity index (χ4v) is 2.73. The van der Waals surface area contributed by atoms with E-state index in [9.17, 15) is 4.79 Å². The van der Waals surface area contributed by atoms with Gasteiger partial charge in [-0.3, -0.25) is 0 Å². The molecular weight excluding hydrogens is 322 g/mol. The molecule has 4 aromatic rings. The van der Waals surface area contributed by atoms with Crippen molar-refractivity contribution in [3.05, 3.63) is 88.2 Å². The van der Waals surface area contributed by atoms with Crippen LogP contribution in [0.2, 0.25) is 5.02 Å². The first-order valence-electron chi connectivity index (χ1n) is 7.47. The van der Waals surface area contributed by atoms with Crippen LogP contribution in [0, 0.1) is 0 Å². The van der Waals surface area contributed by atoms with Gasteiger partial charge < -0.3 is 4.42 Å². The van der Waals surface area contributed by atoms with Gasteiger partial charge in [-0.15, -0.1) is 0 Å². The summed E-state index contributed by atoms with van der Waals surface area (Å²) in [6, 6.07) is 22.3. The highest BCUT2D eigenvalue weighted by molar-refractivity contribution is 6.30. The average Bonchev–Trinajstić information content (AvgIpc) is 2.62. The first-order chi connectivity index (χ1) is 11.7. The van der Waals surface area contributed by atoms with Gasteiger partial charge in [-0.2, -0.15) is 0 Å². The first kappa shape index (κ1) is 14.7. The molecule has 0 spiro atoms. The number of benzene rings is 2. The molecule has 0 atom stereocenters. The van der Waals surface area contributed by atoms with Crippen molar-refractivity contribution < 1.29 is 4.42 Å². The average molecular weight is 334 g/mol. The second-order valence-electron chi connectivity index (χ2n) is 5.40. The minimum atomic E-state index is -0.394. The number of aromatic nitrogens is 1. The zero-order valence-electron chi connectivity index (χ0n) is 12.6. The van der Waals surface area contributed by atoms with E-state index >= 15 is 0 Å². The molecule has 0 N–H and O–H groups in total. The van der Waals surface area contributed by atoms with Crippen LogP contribution in [0.3, 0.4) is 0 Å². The number of hydrogen-bond acceptors (Lipinski definition) is 3. The molecule has 4 heteroatoms. The molecule has 0 aliphatic rings. The van der Waals surface area contributed by atoms with Crippen LogP contribution in [0.5, 0.6) is 0 Å². The maximum atomic E-state index is 12.3. The smallest absolute Gasteiger partial charge is 0.345 e. The molecule has 0 bridgehead atoms. The zero-order chi connectivity index (χ0) is 16.5. The Balaban J connectivity index is 1.85. The van der Waals surface area contributed by atoms with Crippen molar-refractivity contribution in [1.29, 1.82) is 0 Å². The molecule has 3 nitrogen and oxygen atoms in total. The van der Waals surface area contributed by atoms with Gasteiger partial charge in [-0.05, 0) is 36.4 Å². The van der Waals surface area contributed by atoms with E-state index in [2.05, 4.69) is 4.98 Å². The summed E-state index contributed by atoms with van der Waals surface area (Å²) in [6.07, 6.45) is 0. The minimum absolute atomic E-state index is 0.394. The predicted octanol–water partition coefficient (Wildman–Crippen LogP) is 5.18. The molecule has 0 saturated carbocycles. The van der Waals surface area contributed by atoms with Crippen LogP contribution in [0.15, 0.2) is 82.0 Å². The van der Waals surface area contributed by atoms with Gasteiger partial charge >= 0.3 is 5.63 Å². The van der Waals surface area contributed by atoms with Gasteiger partial charge in [0.1, 0.15) is 5.58 Å². The van der Waals surface area contributed by atoms with Crippen molar-refractivity contribution in [2.45, 2.75) is 0 Å². The third-order valence-electron chi connectivity index (χ3n) is 3.81. The van der Waals surface area contributed by atoms with Crippen LogP contribution in [-0.2, 0) is 0 Å². The van der Waals surface area contributed by atoms with E-state index in [0.29, 0.717) is 21.9 Å². The van der Waals surface area contributed by atoms with Gasteiger partial charge in [-0.25, -0.2) is 9.78 Å². The Labute approximate surface area is 143 Å². The lowest BCUT2D eigenvalue weighted by atomic mass is 10.1. The van der Waals surface area contributed by atoms with Crippen LogP contribution >= 0.6 is 11.6 Å². The van der Waals surface area contributed by atoms with Crippen LogP contribution in [0.25, 0.3) is 33.5 Å². The number of hydrogen-bond donors (Lipinski definition) is 0. The Morgan fingerprint density at radius 2 is 1.58 bits per heavy atom. The van der Waals surface area contributed by atoms with E-state index in [0.717, 1.165) is 16.6 Å². The molecule has 2 aromatic heterocycles. The van der Waals surface area contributed by atoms with E-state index in [1.807, 2.05) is 60.7 Å². The van der Waals surface area contributed by atoms with Crippen LogP contribution < -0.4 is 5.63 Å². The number of pyridine rings is 1.